The molecular formula is C24H29N3O. The lowest BCUT2D eigenvalue weighted by atomic mass is 10.1. The van der Waals surface area contributed by atoms with Crippen molar-refractivity contribution in [3.63, 3.8) is 0 Å². The van der Waals surface area contributed by atoms with Gasteiger partial charge in [-0.2, -0.15) is 0 Å². The first-order valence-electron chi connectivity index (χ1n) is 10.5. The summed E-state index contributed by atoms with van der Waals surface area (Å²) in [4.78, 5) is 19.8. The van der Waals surface area contributed by atoms with E-state index in [1.165, 1.54) is 24.0 Å². The Kier molecular flexibility index (Phi) is 5.75. The molecule has 28 heavy (non-hydrogen) atoms. The van der Waals surface area contributed by atoms with Crippen molar-refractivity contribution in [2.45, 2.75) is 52.0 Å². The van der Waals surface area contributed by atoms with Crippen molar-refractivity contribution in [1.82, 2.24) is 14.5 Å². The molecule has 146 valence electrons. The van der Waals surface area contributed by atoms with Gasteiger partial charge in [-0.1, -0.05) is 49.2 Å². The van der Waals surface area contributed by atoms with Crippen molar-refractivity contribution in [2.75, 3.05) is 13.1 Å². The molecule has 4 nitrogen and oxygen atoms in total. The second-order valence-electron chi connectivity index (χ2n) is 7.82. The summed E-state index contributed by atoms with van der Waals surface area (Å²) in [6, 6.07) is 16.7. The van der Waals surface area contributed by atoms with Gasteiger partial charge in [0.25, 0.3) is 0 Å². The van der Waals surface area contributed by atoms with Crippen LogP contribution in [-0.4, -0.2) is 33.4 Å². The van der Waals surface area contributed by atoms with Crippen LogP contribution in [0.2, 0.25) is 0 Å². The van der Waals surface area contributed by atoms with Gasteiger partial charge in [-0.15, -0.1) is 0 Å². The third kappa shape index (κ3) is 4.11. The zero-order chi connectivity index (χ0) is 19.3. The number of aromatic nitrogens is 2. The summed E-state index contributed by atoms with van der Waals surface area (Å²) in [7, 11) is 0. The topological polar surface area (TPSA) is 38.1 Å². The SMILES string of the molecule is Cc1ccccc1Cc1nc2ccccc2n1CCC(=O)N1CCCCCC1. The van der Waals surface area contributed by atoms with E-state index >= 15 is 0 Å². The molecule has 0 aliphatic carbocycles. The number of para-hydroxylation sites is 2. The van der Waals surface area contributed by atoms with Gasteiger partial charge in [0, 0.05) is 32.5 Å². The fourth-order valence-corrected chi connectivity index (χ4v) is 4.17. The van der Waals surface area contributed by atoms with Crippen molar-refractivity contribution in [3.8, 4) is 0 Å². The van der Waals surface area contributed by atoms with Gasteiger partial charge in [0.15, 0.2) is 0 Å². The van der Waals surface area contributed by atoms with Crippen LogP contribution in [0.5, 0.6) is 0 Å². The Morgan fingerprint density at radius 1 is 0.964 bits per heavy atom. The zero-order valence-electron chi connectivity index (χ0n) is 16.7. The van der Waals surface area contributed by atoms with E-state index in [1.807, 2.05) is 6.07 Å². The molecule has 2 heterocycles. The van der Waals surface area contributed by atoms with Crippen molar-refractivity contribution in [1.29, 1.82) is 0 Å². The van der Waals surface area contributed by atoms with Crippen LogP contribution < -0.4 is 0 Å². The number of amides is 1. The summed E-state index contributed by atoms with van der Waals surface area (Å²) in [5.41, 5.74) is 4.70. The molecule has 1 fully saturated rings. The van der Waals surface area contributed by atoms with E-state index in [0.29, 0.717) is 13.0 Å². The van der Waals surface area contributed by atoms with Crippen LogP contribution in [0.1, 0.15) is 49.1 Å². The molecule has 0 atom stereocenters. The lowest BCUT2D eigenvalue weighted by Crippen LogP contribution is -2.32. The first-order chi connectivity index (χ1) is 13.7. The van der Waals surface area contributed by atoms with Gasteiger partial charge in [0.1, 0.15) is 5.82 Å². The predicted octanol–water partition coefficient (Wildman–Crippen LogP) is 4.73. The highest BCUT2D eigenvalue weighted by molar-refractivity contribution is 5.78. The number of aryl methyl sites for hydroxylation is 2. The van der Waals surface area contributed by atoms with Crippen LogP contribution in [-0.2, 0) is 17.8 Å². The molecule has 0 unspecified atom stereocenters. The second kappa shape index (κ2) is 8.59. The molecule has 0 bridgehead atoms. The van der Waals surface area contributed by atoms with E-state index in [4.69, 9.17) is 4.98 Å². The first-order valence-corrected chi connectivity index (χ1v) is 10.5. The third-order valence-electron chi connectivity index (χ3n) is 5.85. The Hall–Kier alpha value is -2.62. The fourth-order valence-electron chi connectivity index (χ4n) is 4.17. The van der Waals surface area contributed by atoms with Crippen LogP contribution in [0.3, 0.4) is 0 Å². The van der Waals surface area contributed by atoms with Crippen molar-refractivity contribution < 1.29 is 4.79 Å². The van der Waals surface area contributed by atoms with Gasteiger partial charge in [0.05, 0.1) is 11.0 Å². The van der Waals surface area contributed by atoms with E-state index < -0.39 is 0 Å². The predicted molar refractivity (Wildman–Crippen MR) is 113 cm³/mol. The van der Waals surface area contributed by atoms with Gasteiger partial charge in [0.2, 0.25) is 5.91 Å². The average molecular weight is 376 g/mol. The summed E-state index contributed by atoms with van der Waals surface area (Å²) in [5.74, 6) is 1.32. The molecule has 1 amide bonds. The highest BCUT2D eigenvalue weighted by Crippen LogP contribution is 2.21. The molecule has 0 saturated carbocycles. The third-order valence-corrected chi connectivity index (χ3v) is 5.85. The van der Waals surface area contributed by atoms with E-state index in [0.717, 1.165) is 49.2 Å². The molecule has 1 aliphatic rings. The molecule has 1 aliphatic heterocycles. The minimum absolute atomic E-state index is 0.279. The Balaban J connectivity index is 1.56. The van der Waals surface area contributed by atoms with Crippen LogP contribution in [0.4, 0.5) is 0 Å². The minimum atomic E-state index is 0.279. The van der Waals surface area contributed by atoms with Gasteiger partial charge in [-0.3, -0.25) is 4.79 Å². The molecular weight excluding hydrogens is 346 g/mol. The Morgan fingerprint density at radius 2 is 1.68 bits per heavy atom. The Bertz CT molecular complexity index is 951. The lowest BCUT2D eigenvalue weighted by molar-refractivity contribution is -0.131. The maximum Gasteiger partial charge on any atom is 0.224 e. The number of nitrogens with zero attached hydrogens (tertiary/aromatic N) is 3. The van der Waals surface area contributed by atoms with E-state index in [9.17, 15) is 4.79 Å². The zero-order valence-corrected chi connectivity index (χ0v) is 16.7. The number of fused-ring (bicyclic) bond motifs is 1. The maximum atomic E-state index is 12.8. The first kappa shape index (κ1) is 18.7. The van der Waals surface area contributed by atoms with Gasteiger partial charge in [-0.25, -0.2) is 4.98 Å². The van der Waals surface area contributed by atoms with Crippen LogP contribution in [0.25, 0.3) is 11.0 Å². The maximum absolute atomic E-state index is 12.8. The summed E-state index contributed by atoms with van der Waals surface area (Å²) in [6.45, 7) is 4.67. The Morgan fingerprint density at radius 3 is 2.46 bits per heavy atom. The molecule has 0 N–H and O–H groups in total. The monoisotopic (exact) mass is 375 g/mol. The quantitative estimate of drug-likeness (QED) is 0.647. The lowest BCUT2D eigenvalue weighted by Gasteiger charge is -2.20. The fraction of sp³-hybridized carbons (Fsp3) is 0.417. The number of hydrogen-bond acceptors (Lipinski definition) is 2. The smallest absolute Gasteiger partial charge is 0.224 e. The molecule has 4 rings (SSSR count). The second-order valence-corrected chi connectivity index (χ2v) is 7.82. The number of carbonyl (C=O) groups excluding carboxylic acids is 1. The number of imidazole rings is 1. The highest BCUT2D eigenvalue weighted by Gasteiger charge is 2.17. The normalized spacial score (nSPS) is 15.0. The average Bonchev–Trinajstić information content (AvgIpc) is 2.87. The van der Waals surface area contributed by atoms with Crippen molar-refractivity contribution in [2.24, 2.45) is 0 Å². The molecule has 3 aromatic rings. The number of likely N-dealkylation sites (tertiary alicyclic amines) is 1. The number of carbonyl (C=O) groups is 1. The molecule has 2 aromatic carbocycles. The summed E-state index contributed by atoms with van der Waals surface area (Å²) in [5, 5.41) is 0. The van der Waals surface area contributed by atoms with Gasteiger partial charge < -0.3 is 9.47 Å². The molecule has 4 heteroatoms. The standard InChI is InChI=1S/C24H29N3O/c1-19-10-4-5-11-20(19)18-23-25-21-12-6-7-13-22(21)27(23)17-14-24(28)26-15-8-2-3-9-16-26/h4-7,10-13H,2-3,8-9,14-18H2,1H3. The van der Waals surface area contributed by atoms with Crippen LogP contribution >= 0.6 is 0 Å². The Labute approximate surface area is 167 Å². The number of hydrogen-bond donors (Lipinski definition) is 0. The van der Waals surface area contributed by atoms with Crippen LogP contribution in [0, 0.1) is 6.92 Å². The summed E-state index contributed by atoms with van der Waals surface area (Å²) >= 11 is 0. The van der Waals surface area contributed by atoms with Crippen molar-refractivity contribution >= 4 is 16.9 Å². The number of benzene rings is 2. The molecule has 0 radical (unpaired) electrons. The summed E-state index contributed by atoms with van der Waals surface area (Å²) < 4.78 is 2.25. The van der Waals surface area contributed by atoms with Gasteiger partial charge in [-0.05, 0) is 43.0 Å². The van der Waals surface area contributed by atoms with E-state index in [1.54, 1.807) is 0 Å². The highest BCUT2D eigenvalue weighted by atomic mass is 16.2. The molecule has 1 aromatic heterocycles. The van der Waals surface area contributed by atoms with E-state index in [-0.39, 0.29) is 5.91 Å². The number of rotatable bonds is 5. The summed E-state index contributed by atoms with van der Waals surface area (Å²) in [6.07, 6.45) is 6.10. The van der Waals surface area contributed by atoms with Crippen molar-refractivity contribution in [3.05, 3.63) is 65.5 Å². The van der Waals surface area contributed by atoms with Gasteiger partial charge >= 0.3 is 0 Å². The molecule has 1 saturated heterocycles. The van der Waals surface area contributed by atoms with E-state index in [2.05, 4.69) is 58.9 Å². The largest absolute Gasteiger partial charge is 0.343 e. The van der Waals surface area contributed by atoms with Crippen LogP contribution in [0.15, 0.2) is 48.5 Å². The molecule has 0 spiro atoms. The minimum Gasteiger partial charge on any atom is -0.343 e.